The standard InChI is InChI=1S/C22H21Cl2F3N4O5S/c1-37(35,36)12-17(15-4-2-3-5-16(15)24)28-19(33)11-31-21(34)30(10-18(32)22(25,26)27)20(29-31)13-6-8-14(23)9-7-13/h2-9,17-18,32H,10-12H2,1H3,(H,28,33)/t17?,18-/m0/s1. The van der Waals surface area contributed by atoms with Crippen LogP contribution in [0.5, 0.6) is 0 Å². The molecule has 0 spiro atoms. The molecule has 0 bridgehead atoms. The lowest BCUT2D eigenvalue weighted by Gasteiger charge is -2.19. The molecule has 37 heavy (non-hydrogen) atoms. The molecule has 9 nitrogen and oxygen atoms in total. The maximum Gasteiger partial charge on any atom is 0.416 e. The fourth-order valence-corrected chi connectivity index (χ4v) is 4.71. The zero-order chi connectivity index (χ0) is 27.5. The number of carbonyl (C=O) groups excluding carboxylic acids is 1. The smallest absolute Gasteiger partial charge is 0.382 e. The van der Waals surface area contributed by atoms with Crippen molar-refractivity contribution in [2.45, 2.75) is 31.4 Å². The summed E-state index contributed by atoms with van der Waals surface area (Å²) in [5, 5.41) is 16.6. The van der Waals surface area contributed by atoms with E-state index < -0.39 is 58.6 Å². The topological polar surface area (TPSA) is 123 Å². The van der Waals surface area contributed by atoms with Gasteiger partial charge in [0.1, 0.15) is 16.4 Å². The van der Waals surface area contributed by atoms with Gasteiger partial charge in [-0.2, -0.15) is 13.2 Å². The third-order valence-corrected chi connectivity index (χ3v) is 6.67. The maximum absolute atomic E-state index is 13.0. The van der Waals surface area contributed by atoms with Crippen molar-refractivity contribution < 1.29 is 31.5 Å². The van der Waals surface area contributed by atoms with E-state index in [-0.39, 0.29) is 16.4 Å². The number of benzene rings is 2. The number of aliphatic hydroxyl groups is 1. The van der Waals surface area contributed by atoms with Gasteiger partial charge >= 0.3 is 11.9 Å². The van der Waals surface area contributed by atoms with E-state index in [1.165, 1.54) is 36.4 Å². The molecule has 2 atom stereocenters. The molecule has 2 N–H and O–H groups in total. The van der Waals surface area contributed by atoms with Crippen LogP contribution in [0.3, 0.4) is 0 Å². The van der Waals surface area contributed by atoms with Crippen LogP contribution in [0.4, 0.5) is 13.2 Å². The lowest BCUT2D eigenvalue weighted by atomic mass is 10.1. The highest BCUT2D eigenvalue weighted by molar-refractivity contribution is 7.90. The molecular formula is C22H21Cl2F3N4O5S. The van der Waals surface area contributed by atoms with Crippen molar-refractivity contribution in [1.82, 2.24) is 19.7 Å². The molecule has 0 radical (unpaired) electrons. The lowest BCUT2D eigenvalue weighted by molar-refractivity contribution is -0.207. The van der Waals surface area contributed by atoms with Crippen LogP contribution in [0.15, 0.2) is 53.3 Å². The highest BCUT2D eigenvalue weighted by atomic mass is 35.5. The first-order chi connectivity index (χ1) is 17.2. The van der Waals surface area contributed by atoms with Gasteiger partial charge in [0, 0.05) is 21.9 Å². The molecule has 1 heterocycles. The Balaban J connectivity index is 1.95. The van der Waals surface area contributed by atoms with Gasteiger partial charge in [0.15, 0.2) is 11.9 Å². The predicted octanol–water partition coefficient (Wildman–Crippen LogP) is 2.84. The number of aliphatic hydroxyl groups excluding tert-OH is 1. The highest BCUT2D eigenvalue weighted by Gasteiger charge is 2.39. The number of nitrogens with one attached hydrogen (secondary N) is 1. The number of halogens is 5. The molecule has 15 heteroatoms. The molecule has 200 valence electrons. The Bertz CT molecular complexity index is 1440. The third-order valence-electron chi connectivity index (χ3n) is 5.14. The Morgan fingerprint density at radius 2 is 1.76 bits per heavy atom. The summed E-state index contributed by atoms with van der Waals surface area (Å²) < 4.78 is 64.1. The number of sulfone groups is 1. The maximum atomic E-state index is 13.0. The van der Waals surface area contributed by atoms with Gasteiger partial charge in [-0.15, -0.1) is 5.10 Å². The summed E-state index contributed by atoms with van der Waals surface area (Å²) in [6.45, 7) is -1.92. The molecule has 3 aromatic rings. The minimum absolute atomic E-state index is 0.198. The van der Waals surface area contributed by atoms with Gasteiger partial charge in [-0.25, -0.2) is 17.9 Å². The van der Waals surface area contributed by atoms with E-state index in [1.54, 1.807) is 12.1 Å². The second-order valence-corrected chi connectivity index (χ2v) is 11.2. The number of aromatic nitrogens is 3. The molecule has 2 aromatic carbocycles. The van der Waals surface area contributed by atoms with Crippen LogP contribution in [-0.4, -0.2) is 58.1 Å². The summed E-state index contributed by atoms with van der Waals surface area (Å²) in [6, 6.07) is 10.8. The minimum atomic E-state index is -5.01. The van der Waals surface area contributed by atoms with Crippen LogP contribution in [0.2, 0.25) is 10.0 Å². The van der Waals surface area contributed by atoms with E-state index in [0.717, 1.165) is 6.26 Å². The molecule has 1 amide bonds. The van der Waals surface area contributed by atoms with E-state index >= 15 is 0 Å². The molecule has 0 fully saturated rings. The predicted molar refractivity (Wildman–Crippen MR) is 131 cm³/mol. The largest absolute Gasteiger partial charge is 0.416 e. The summed E-state index contributed by atoms with van der Waals surface area (Å²) in [4.78, 5) is 25.8. The number of hydrogen-bond donors (Lipinski definition) is 2. The number of amides is 1. The van der Waals surface area contributed by atoms with Crippen molar-refractivity contribution in [1.29, 1.82) is 0 Å². The average Bonchev–Trinajstić information content (AvgIpc) is 3.07. The molecule has 0 saturated carbocycles. The number of hydrogen-bond acceptors (Lipinski definition) is 6. The Morgan fingerprint density at radius 1 is 1.14 bits per heavy atom. The van der Waals surface area contributed by atoms with Crippen molar-refractivity contribution in [3.63, 3.8) is 0 Å². The zero-order valence-corrected chi connectivity index (χ0v) is 21.4. The van der Waals surface area contributed by atoms with Crippen LogP contribution >= 0.6 is 23.2 Å². The average molecular weight is 581 g/mol. The van der Waals surface area contributed by atoms with Gasteiger partial charge < -0.3 is 10.4 Å². The molecule has 3 rings (SSSR count). The van der Waals surface area contributed by atoms with Gasteiger partial charge in [-0.05, 0) is 35.9 Å². The zero-order valence-electron chi connectivity index (χ0n) is 19.1. The van der Waals surface area contributed by atoms with E-state index in [1.807, 2.05) is 0 Å². The van der Waals surface area contributed by atoms with Crippen molar-refractivity contribution >= 4 is 38.9 Å². The summed E-state index contributed by atoms with van der Waals surface area (Å²) in [5.74, 6) is -1.59. The van der Waals surface area contributed by atoms with Gasteiger partial charge in [0.05, 0.1) is 18.3 Å². The Hall–Kier alpha value is -2.87. The van der Waals surface area contributed by atoms with Crippen LogP contribution < -0.4 is 11.0 Å². The van der Waals surface area contributed by atoms with Crippen LogP contribution in [0, 0.1) is 0 Å². The first kappa shape index (κ1) is 28.7. The summed E-state index contributed by atoms with van der Waals surface area (Å²) in [5.41, 5.74) is -0.571. The number of nitrogens with zero attached hydrogens (tertiary/aromatic N) is 3. The van der Waals surface area contributed by atoms with Gasteiger partial charge in [0.25, 0.3) is 0 Å². The van der Waals surface area contributed by atoms with Gasteiger partial charge in [-0.1, -0.05) is 41.4 Å². The molecule has 0 aliphatic rings. The van der Waals surface area contributed by atoms with Crippen LogP contribution in [0.1, 0.15) is 11.6 Å². The molecule has 1 unspecified atom stereocenters. The molecule has 0 saturated heterocycles. The second kappa shape index (κ2) is 11.3. The number of carbonyl (C=O) groups is 1. The lowest BCUT2D eigenvalue weighted by Crippen LogP contribution is -2.40. The third kappa shape index (κ3) is 7.57. The normalized spacial score (nSPS) is 13.8. The fourth-order valence-electron chi connectivity index (χ4n) is 3.44. The first-order valence-electron chi connectivity index (χ1n) is 10.6. The van der Waals surface area contributed by atoms with Crippen molar-refractivity contribution in [3.8, 4) is 11.4 Å². The Labute approximate surface area is 219 Å². The van der Waals surface area contributed by atoms with Crippen molar-refractivity contribution in [2.75, 3.05) is 12.0 Å². The Kier molecular flexibility index (Phi) is 8.73. The van der Waals surface area contributed by atoms with E-state index in [2.05, 4.69) is 10.4 Å². The number of alkyl halides is 3. The van der Waals surface area contributed by atoms with Crippen LogP contribution in [0.25, 0.3) is 11.4 Å². The number of rotatable bonds is 9. The monoisotopic (exact) mass is 580 g/mol. The molecule has 0 aliphatic heterocycles. The van der Waals surface area contributed by atoms with Crippen LogP contribution in [-0.2, 0) is 27.7 Å². The molecular weight excluding hydrogens is 560 g/mol. The van der Waals surface area contributed by atoms with Crippen molar-refractivity contribution in [2.24, 2.45) is 0 Å². The SMILES string of the molecule is CS(=O)(=O)CC(NC(=O)Cn1nc(-c2ccc(Cl)cc2)n(C[C@H](O)C(F)(F)F)c1=O)c1ccccc1Cl. The van der Waals surface area contributed by atoms with E-state index in [0.29, 0.717) is 19.8 Å². The first-order valence-corrected chi connectivity index (χ1v) is 13.4. The fraction of sp³-hybridized carbons (Fsp3) is 0.318. The van der Waals surface area contributed by atoms with Gasteiger partial charge in [0.2, 0.25) is 5.91 Å². The summed E-state index contributed by atoms with van der Waals surface area (Å²) >= 11 is 12.0. The molecule has 0 aliphatic carbocycles. The van der Waals surface area contributed by atoms with E-state index in [9.17, 15) is 36.3 Å². The van der Waals surface area contributed by atoms with Crippen molar-refractivity contribution in [3.05, 3.63) is 74.6 Å². The van der Waals surface area contributed by atoms with Gasteiger partial charge in [-0.3, -0.25) is 9.36 Å². The van der Waals surface area contributed by atoms with E-state index in [4.69, 9.17) is 23.2 Å². The second-order valence-electron chi connectivity index (χ2n) is 8.17. The highest BCUT2D eigenvalue weighted by Crippen LogP contribution is 2.25. The molecule has 1 aromatic heterocycles. The minimum Gasteiger partial charge on any atom is -0.382 e. The Morgan fingerprint density at radius 3 is 2.32 bits per heavy atom. The summed E-state index contributed by atoms with van der Waals surface area (Å²) in [7, 11) is -3.59. The summed E-state index contributed by atoms with van der Waals surface area (Å²) in [6.07, 6.45) is -6.91. The quantitative estimate of drug-likeness (QED) is 0.401.